The summed E-state index contributed by atoms with van der Waals surface area (Å²) in [5.74, 6) is 1.23. The van der Waals surface area contributed by atoms with Gasteiger partial charge in [-0.15, -0.1) is 0 Å². The molecule has 0 aliphatic heterocycles. The number of H-pyrrole nitrogens is 1. The smallest absolute Gasteiger partial charge is 0.272 e. The van der Waals surface area contributed by atoms with E-state index in [1.807, 2.05) is 59.3 Å². The normalized spacial score (nSPS) is 11.0. The first kappa shape index (κ1) is 16.1. The first-order chi connectivity index (χ1) is 11.6. The van der Waals surface area contributed by atoms with Crippen LogP contribution in [0.5, 0.6) is 5.75 Å². The predicted octanol–water partition coefficient (Wildman–Crippen LogP) is 4.04. The molecule has 4 heteroatoms. The number of ether oxygens (including phenoxy) is 1. The van der Waals surface area contributed by atoms with E-state index in [4.69, 9.17) is 4.74 Å². The molecule has 1 heterocycles. The zero-order valence-corrected chi connectivity index (χ0v) is 14.2. The fourth-order valence-electron chi connectivity index (χ4n) is 2.90. The van der Waals surface area contributed by atoms with E-state index in [-0.39, 0.29) is 5.56 Å². The topological polar surface area (TPSA) is 47.0 Å². The molecule has 3 rings (SSSR count). The van der Waals surface area contributed by atoms with Crippen LogP contribution >= 0.6 is 0 Å². The van der Waals surface area contributed by atoms with Crippen molar-refractivity contribution in [1.82, 2.24) is 9.78 Å². The highest BCUT2D eigenvalue weighted by Crippen LogP contribution is 2.25. The number of hydrogen-bond acceptors (Lipinski definition) is 2. The zero-order valence-electron chi connectivity index (χ0n) is 14.2. The molecule has 0 radical (unpaired) electrons. The summed E-state index contributed by atoms with van der Waals surface area (Å²) >= 11 is 0. The van der Waals surface area contributed by atoms with Gasteiger partial charge < -0.3 is 4.74 Å². The van der Waals surface area contributed by atoms with Crippen molar-refractivity contribution in [1.29, 1.82) is 0 Å². The Kier molecular flexibility index (Phi) is 4.56. The maximum atomic E-state index is 12.6. The first-order valence-corrected chi connectivity index (χ1v) is 8.14. The molecule has 0 saturated heterocycles. The van der Waals surface area contributed by atoms with Crippen molar-refractivity contribution >= 4 is 0 Å². The van der Waals surface area contributed by atoms with Gasteiger partial charge >= 0.3 is 0 Å². The third-order valence-electron chi connectivity index (χ3n) is 3.99. The van der Waals surface area contributed by atoms with E-state index in [9.17, 15) is 4.79 Å². The highest BCUT2D eigenvalue weighted by molar-refractivity contribution is 5.66. The summed E-state index contributed by atoms with van der Waals surface area (Å²) in [7, 11) is 1.64. The van der Waals surface area contributed by atoms with Gasteiger partial charge in [0.25, 0.3) is 5.56 Å². The quantitative estimate of drug-likeness (QED) is 0.770. The molecule has 2 aromatic carbocycles. The molecule has 1 N–H and O–H groups in total. The lowest BCUT2D eigenvalue weighted by Crippen LogP contribution is -2.07. The van der Waals surface area contributed by atoms with Crippen LogP contribution < -0.4 is 10.3 Å². The van der Waals surface area contributed by atoms with E-state index in [2.05, 4.69) is 18.9 Å². The summed E-state index contributed by atoms with van der Waals surface area (Å²) in [6, 6.07) is 17.5. The van der Waals surface area contributed by atoms with Crippen LogP contribution in [0.2, 0.25) is 0 Å². The highest BCUT2D eigenvalue weighted by Gasteiger charge is 2.18. The second kappa shape index (κ2) is 6.79. The lowest BCUT2D eigenvalue weighted by molar-refractivity contribution is 0.414. The monoisotopic (exact) mass is 322 g/mol. The number of aromatic amines is 1. The summed E-state index contributed by atoms with van der Waals surface area (Å²) in [5, 5.41) is 2.99. The van der Waals surface area contributed by atoms with Gasteiger partial charge in [0.2, 0.25) is 0 Å². The van der Waals surface area contributed by atoms with Gasteiger partial charge in [-0.2, -0.15) is 0 Å². The fraction of sp³-hybridized carbons (Fsp3) is 0.250. The number of nitrogens with one attached hydrogen (secondary N) is 1. The van der Waals surface area contributed by atoms with Crippen LogP contribution in [0, 0.1) is 5.92 Å². The molecule has 0 bridgehead atoms. The average molecular weight is 322 g/mol. The number of rotatable bonds is 5. The van der Waals surface area contributed by atoms with Gasteiger partial charge in [-0.1, -0.05) is 44.2 Å². The minimum absolute atomic E-state index is 0.0623. The van der Waals surface area contributed by atoms with E-state index in [0.29, 0.717) is 5.92 Å². The molecule has 0 amide bonds. The van der Waals surface area contributed by atoms with E-state index < -0.39 is 0 Å². The van der Waals surface area contributed by atoms with E-state index in [0.717, 1.165) is 34.7 Å². The van der Waals surface area contributed by atoms with Crippen molar-refractivity contribution < 1.29 is 4.74 Å². The number of benzene rings is 2. The SMILES string of the molecule is COc1ccc(-n2[nH]c(=O)c(-c3ccccc3)c2CC(C)C)cc1. The van der Waals surface area contributed by atoms with Crippen molar-refractivity contribution in [2.45, 2.75) is 20.3 Å². The van der Waals surface area contributed by atoms with Gasteiger partial charge in [0.1, 0.15) is 5.75 Å². The molecule has 1 aromatic heterocycles. The molecule has 4 nitrogen and oxygen atoms in total. The largest absolute Gasteiger partial charge is 0.497 e. The highest BCUT2D eigenvalue weighted by atomic mass is 16.5. The Bertz CT molecular complexity index is 859. The Balaban J connectivity index is 2.17. The van der Waals surface area contributed by atoms with E-state index in [1.54, 1.807) is 7.11 Å². The van der Waals surface area contributed by atoms with Crippen LogP contribution in [-0.2, 0) is 6.42 Å². The van der Waals surface area contributed by atoms with Crippen molar-refractivity contribution in [2.24, 2.45) is 5.92 Å². The zero-order chi connectivity index (χ0) is 17.1. The second-order valence-electron chi connectivity index (χ2n) is 6.26. The molecule has 0 saturated carbocycles. The molecule has 0 atom stereocenters. The van der Waals surface area contributed by atoms with Crippen LogP contribution in [0.3, 0.4) is 0 Å². The maximum Gasteiger partial charge on any atom is 0.272 e. The lowest BCUT2D eigenvalue weighted by Gasteiger charge is -2.13. The van der Waals surface area contributed by atoms with Gasteiger partial charge in [-0.25, -0.2) is 0 Å². The molecule has 0 aliphatic rings. The number of methoxy groups -OCH3 is 1. The Labute approximate surface area is 141 Å². The van der Waals surface area contributed by atoms with Crippen LogP contribution in [0.15, 0.2) is 59.4 Å². The van der Waals surface area contributed by atoms with Crippen LogP contribution in [-0.4, -0.2) is 16.9 Å². The predicted molar refractivity (Wildman–Crippen MR) is 96.9 cm³/mol. The number of hydrogen-bond donors (Lipinski definition) is 1. The summed E-state index contributed by atoms with van der Waals surface area (Å²) in [6.07, 6.45) is 0.814. The van der Waals surface area contributed by atoms with Gasteiger partial charge in [0.15, 0.2) is 0 Å². The molecule has 0 unspecified atom stereocenters. The van der Waals surface area contributed by atoms with E-state index >= 15 is 0 Å². The molecule has 0 fully saturated rings. The lowest BCUT2D eigenvalue weighted by atomic mass is 10.00. The first-order valence-electron chi connectivity index (χ1n) is 8.14. The Morgan fingerprint density at radius 2 is 1.71 bits per heavy atom. The number of aromatic nitrogens is 2. The van der Waals surface area contributed by atoms with Crippen LogP contribution in [0.25, 0.3) is 16.8 Å². The van der Waals surface area contributed by atoms with Crippen LogP contribution in [0.4, 0.5) is 0 Å². The van der Waals surface area contributed by atoms with Crippen LogP contribution in [0.1, 0.15) is 19.5 Å². The van der Waals surface area contributed by atoms with Gasteiger partial charge in [0, 0.05) is 0 Å². The average Bonchev–Trinajstić information content (AvgIpc) is 2.91. The van der Waals surface area contributed by atoms with Gasteiger partial charge in [-0.05, 0) is 42.2 Å². The Morgan fingerprint density at radius 1 is 1.04 bits per heavy atom. The summed E-state index contributed by atoms with van der Waals surface area (Å²) < 4.78 is 7.11. The third-order valence-corrected chi connectivity index (χ3v) is 3.99. The molecule has 0 aliphatic carbocycles. The third kappa shape index (κ3) is 3.13. The van der Waals surface area contributed by atoms with Crippen molar-refractivity contribution in [3.63, 3.8) is 0 Å². The fourth-order valence-corrected chi connectivity index (χ4v) is 2.90. The molecule has 24 heavy (non-hydrogen) atoms. The Hall–Kier alpha value is -2.75. The molecule has 124 valence electrons. The maximum absolute atomic E-state index is 12.6. The molecular formula is C20H22N2O2. The van der Waals surface area contributed by atoms with Crippen molar-refractivity contribution in [3.8, 4) is 22.6 Å². The van der Waals surface area contributed by atoms with Gasteiger partial charge in [-0.3, -0.25) is 14.6 Å². The summed E-state index contributed by atoms with van der Waals surface area (Å²) in [6.45, 7) is 4.31. The molecular weight excluding hydrogens is 300 g/mol. The van der Waals surface area contributed by atoms with Gasteiger partial charge in [0.05, 0.1) is 24.1 Å². The van der Waals surface area contributed by atoms with Crippen molar-refractivity contribution in [3.05, 3.63) is 70.6 Å². The molecule has 3 aromatic rings. The summed E-state index contributed by atoms with van der Waals surface area (Å²) in [5.41, 5.74) is 3.56. The minimum Gasteiger partial charge on any atom is -0.497 e. The van der Waals surface area contributed by atoms with Crippen molar-refractivity contribution in [2.75, 3.05) is 7.11 Å². The second-order valence-corrected chi connectivity index (χ2v) is 6.26. The standard InChI is InChI=1S/C20H22N2O2/c1-14(2)13-18-19(15-7-5-4-6-8-15)20(23)21-22(18)16-9-11-17(24-3)12-10-16/h4-12,14H,13H2,1-3H3,(H,21,23). The molecule has 0 spiro atoms. The summed E-state index contributed by atoms with van der Waals surface area (Å²) in [4.78, 5) is 12.6. The minimum atomic E-state index is -0.0623. The van der Waals surface area contributed by atoms with E-state index in [1.165, 1.54) is 0 Å². The Morgan fingerprint density at radius 3 is 2.29 bits per heavy atom. The number of nitrogens with zero attached hydrogens (tertiary/aromatic N) is 1.